The first-order valence-corrected chi connectivity index (χ1v) is 8.35. The first-order valence-electron chi connectivity index (χ1n) is 7.36. The van der Waals surface area contributed by atoms with Crippen LogP contribution in [0.1, 0.15) is 23.1 Å². The van der Waals surface area contributed by atoms with Crippen molar-refractivity contribution in [3.8, 4) is 6.07 Å². The molecule has 0 aliphatic carbocycles. The van der Waals surface area contributed by atoms with E-state index in [0.717, 1.165) is 36.7 Å². The number of nitrogens with one attached hydrogen (secondary N) is 1. The third kappa shape index (κ3) is 3.49. The number of thioether (sulfide) groups is 1. The van der Waals surface area contributed by atoms with Gasteiger partial charge in [0.2, 0.25) is 0 Å². The monoisotopic (exact) mass is 307 g/mol. The van der Waals surface area contributed by atoms with E-state index in [2.05, 4.69) is 46.7 Å². The molecule has 0 atom stereocenters. The van der Waals surface area contributed by atoms with Crippen molar-refractivity contribution < 1.29 is 0 Å². The molecule has 1 aliphatic rings. The standard InChI is InChI=1S/C18H17N3S/c19-12-14-5-3-6-15(11-14)13-22-17-8-2-1-7-16(17)18-20-9-4-10-21-18/h1-3,5-8,11H,4,9-10,13H2,(H,20,21). The Kier molecular flexibility index (Phi) is 4.77. The third-order valence-electron chi connectivity index (χ3n) is 3.49. The van der Waals surface area contributed by atoms with Crippen molar-refractivity contribution in [1.29, 1.82) is 5.26 Å². The van der Waals surface area contributed by atoms with Crippen LogP contribution in [-0.4, -0.2) is 18.9 Å². The summed E-state index contributed by atoms with van der Waals surface area (Å²) in [6, 6.07) is 18.3. The van der Waals surface area contributed by atoms with Crippen molar-refractivity contribution in [2.45, 2.75) is 17.1 Å². The summed E-state index contributed by atoms with van der Waals surface area (Å²) >= 11 is 1.78. The summed E-state index contributed by atoms with van der Waals surface area (Å²) in [5.41, 5.74) is 3.05. The second kappa shape index (κ2) is 7.15. The van der Waals surface area contributed by atoms with Crippen LogP contribution in [-0.2, 0) is 5.75 Å². The summed E-state index contributed by atoms with van der Waals surface area (Å²) in [6.45, 7) is 1.88. The molecule has 0 fully saturated rings. The molecule has 0 amide bonds. The van der Waals surface area contributed by atoms with Crippen molar-refractivity contribution in [2.24, 2.45) is 4.99 Å². The number of hydrogen-bond acceptors (Lipinski definition) is 4. The molecule has 22 heavy (non-hydrogen) atoms. The predicted molar refractivity (Wildman–Crippen MR) is 91.2 cm³/mol. The molecular weight excluding hydrogens is 290 g/mol. The zero-order chi connectivity index (χ0) is 15.2. The maximum Gasteiger partial charge on any atom is 0.129 e. The largest absolute Gasteiger partial charge is 0.370 e. The van der Waals surface area contributed by atoms with Crippen molar-refractivity contribution in [3.05, 3.63) is 65.2 Å². The highest BCUT2D eigenvalue weighted by atomic mass is 32.2. The van der Waals surface area contributed by atoms with E-state index < -0.39 is 0 Å². The van der Waals surface area contributed by atoms with Crippen LogP contribution in [0, 0.1) is 11.3 Å². The topological polar surface area (TPSA) is 48.2 Å². The fourth-order valence-electron chi connectivity index (χ4n) is 2.39. The summed E-state index contributed by atoms with van der Waals surface area (Å²) in [4.78, 5) is 5.81. The van der Waals surface area contributed by atoms with E-state index in [9.17, 15) is 0 Å². The molecule has 0 radical (unpaired) electrons. The van der Waals surface area contributed by atoms with Gasteiger partial charge in [0.05, 0.1) is 11.6 Å². The zero-order valence-corrected chi connectivity index (χ0v) is 13.1. The molecule has 2 aromatic rings. The first-order chi connectivity index (χ1) is 10.9. The summed E-state index contributed by atoms with van der Waals surface area (Å²) in [5.74, 6) is 1.85. The van der Waals surface area contributed by atoms with Gasteiger partial charge in [-0.1, -0.05) is 30.3 Å². The van der Waals surface area contributed by atoms with Crippen LogP contribution in [0.2, 0.25) is 0 Å². The molecule has 0 saturated heterocycles. The SMILES string of the molecule is N#Cc1cccc(CSc2ccccc2C2=NCCCN2)c1. The summed E-state index contributed by atoms with van der Waals surface area (Å²) in [5, 5.41) is 12.4. The Morgan fingerprint density at radius 2 is 2.09 bits per heavy atom. The number of nitrogens with zero attached hydrogens (tertiary/aromatic N) is 2. The predicted octanol–water partition coefficient (Wildman–Crippen LogP) is 3.59. The maximum absolute atomic E-state index is 8.98. The lowest BCUT2D eigenvalue weighted by atomic mass is 10.2. The van der Waals surface area contributed by atoms with Gasteiger partial charge in [0.25, 0.3) is 0 Å². The van der Waals surface area contributed by atoms with E-state index in [0.29, 0.717) is 5.56 Å². The smallest absolute Gasteiger partial charge is 0.129 e. The fourth-order valence-corrected chi connectivity index (χ4v) is 3.39. The third-order valence-corrected chi connectivity index (χ3v) is 4.63. The van der Waals surface area contributed by atoms with Gasteiger partial charge < -0.3 is 5.32 Å². The van der Waals surface area contributed by atoms with Crippen molar-refractivity contribution in [2.75, 3.05) is 13.1 Å². The highest BCUT2D eigenvalue weighted by Gasteiger charge is 2.11. The Balaban J connectivity index is 1.78. The van der Waals surface area contributed by atoms with Gasteiger partial charge >= 0.3 is 0 Å². The van der Waals surface area contributed by atoms with Gasteiger partial charge in [0.15, 0.2) is 0 Å². The lowest BCUT2D eigenvalue weighted by molar-refractivity contribution is 0.741. The van der Waals surface area contributed by atoms with Crippen LogP contribution < -0.4 is 5.32 Å². The van der Waals surface area contributed by atoms with E-state index >= 15 is 0 Å². The van der Waals surface area contributed by atoms with Crippen LogP contribution in [0.4, 0.5) is 0 Å². The van der Waals surface area contributed by atoms with Gasteiger partial charge in [-0.25, -0.2) is 0 Å². The van der Waals surface area contributed by atoms with E-state index in [1.165, 1.54) is 10.5 Å². The Bertz CT molecular complexity index is 731. The van der Waals surface area contributed by atoms with Crippen LogP contribution in [0.3, 0.4) is 0 Å². The Labute approximate surface area is 135 Å². The van der Waals surface area contributed by atoms with Crippen LogP contribution in [0.5, 0.6) is 0 Å². The molecule has 1 N–H and O–H groups in total. The average Bonchev–Trinajstić information content (AvgIpc) is 2.61. The molecule has 0 bridgehead atoms. The van der Waals surface area contributed by atoms with Crippen molar-refractivity contribution in [1.82, 2.24) is 5.32 Å². The molecule has 110 valence electrons. The Morgan fingerprint density at radius 3 is 2.91 bits per heavy atom. The Hall–Kier alpha value is -2.25. The van der Waals surface area contributed by atoms with Crippen LogP contribution in [0.15, 0.2) is 58.4 Å². The van der Waals surface area contributed by atoms with Crippen molar-refractivity contribution in [3.63, 3.8) is 0 Å². The molecular formula is C18H17N3S. The van der Waals surface area contributed by atoms with E-state index in [1.807, 2.05) is 18.2 Å². The molecule has 3 rings (SSSR count). The molecule has 1 aliphatic heterocycles. The van der Waals surface area contributed by atoms with Gasteiger partial charge in [-0.3, -0.25) is 4.99 Å². The minimum absolute atomic E-state index is 0.713. The molecule has 0 aromatic heterocycles. The van der Waals surface area contributed by atoms with Gasteiger partial charge in [0, 0.05) is 29.3 Å². The minimum atomic E-state index is 0.713. The molecule has 1 heterocycles. The molecule has 2 aromatic carbocycles. The normalized spacial score (nSPS) is 13.9. The quantitative estimate of drug-likeness (QED) is 0.878. The number of benzene rings is 2. The van der Waals surface area contributed by atoms with Gasteiger partial charge in [-0.05, 0) is 30.2 Å². The second-order valence-electron chi connectivity index (χ2n) is 5.11. The number of aliphatic imine (C=N–C) groups is 1. The highest BCUT2D eigenvalue weighted by molar-refractivity contribution is 7.98. The lowest BCUT2D eigenvalue weighted by Crippen LogP contribution is -2.30. The number of amidine groups is 1. The zero-order valence-electron chi connectivity index (χ0n) is 12.2. The highest BCUT2D eigenvalue weighted by Crippen LogP contribution is 2.27. The maximum atomic E-state index is 8.98. The molecule has 0 unspecified atom stereocenters. The van der Waals surface area contributed by atoms with Gasteiger partial charge in [-0.15, -0.1) is 11.8 Å². The Morgan fingerprint density at radius 1 is 1.18 bits per heavy atom. The number of rotatable bonds is 4. The van der Waals surface area contributed by atoms with E-state index in [4.69, 9.17) is 5.26 Å². The lowest BCUT2D eigenvalue weighted by Gasteiger charge is -2.17. The van der Waals surface area contributed by atoms with E-state index in [1.54, 1.807) is 11.8 Å². The van der Waals surface area contributed by atoms with E-state index in [-0.39, 0.29) is 0 Å². The first kappa shape index (κ1) is 14.7. The van der Waals surface area contributed by atoms with Crippen molar-refractivity contribution >= 4 is 17.6 Å². The summed E-state index contributed by atoms with van der Waals surface area (Å²) < 4.78 is 0. The summed E-state index contributed by atoms with van der Waals surface area (Å²) in [6.07, 6.45) is 1.10. The average molecular weight is 307 g/mol. The summed E-state index contributed by atoms with van der Waals surface area (Å²) in [7, 11) is 0. The molecule has 3 nitrogen and oxygen atoms in total. The number of nitriles is 1. The second-order valence-corrected chi connectivity index (χ2v) is 6.12. The van der Waals surface area contributed by atoms with Crippen LogP contribution in [0.25, 0.3) is 0 Å². The molecule has 4 heteroatoms. The van der Waals surface area contributed by atoms with Gasteiger partial charge in [0.1, 0.15) is 5.84 Å². The minimum Gasteiger partial charge on any atom is -0.370 e. The van der Waals surface area contributed by atoms with Gasteiger partial charge in [-0.2, -0.15) is 5.26 Å². The molecule has 0 spiro atoms. The number of hydrogen-bond donors (Lipinski definition) is 1. The fraction of sp³-hybridized carbons (Fsp3) is 0.222. The molecule has 0 saturated carbocycles. The van der Waals surface area contributed by atoms with Crippen LogP contribution >= 0.6 is 11.8 Å².